The van der Waals surface area contributed by atoms with E-state index >= 15 is 0 Å². The number of hydrogen-bond donors (Lipinski definition) is 9. The van der Waals surface area contributed by atoms with Crippen molar-refractivity contribution in [2.45, 2.75) is 49.9 Å². The molecule has 0 aromatic rings. The Morgan fingerprint density at radius 1 is 0.750 bits per heavy atom. The van der Waals surface area contributed by atoms with Crippen molar-refractivity contribution in [2.75, 3.05) is 5.75 Å². The Labute approximate surface area is 186 Å². The van der Waals surface area contributed by atoms with E-state index in [1.165, 1.54) is 0 Å². The first-order valence-electron chi connectivity index (χ1n) is 9.00. The maximum absolute atomic E-state index is 12.5. The van der Waals surface area contributed by atoms with Crippen LogP contribution >= 0.6 is 12.6 Å². The van der Waals surface area contributed by atoms with Gasteiger partial charge in [-0.25, -0.2) is 4.79 Å². The van der Waals surface area contributed by atoms with E-state index in [2.05, 4.69) is 23.3 Å². The first-order valence-corrected chi connectivity index (χ1v) is 9.63. The van der Waals surface area contributed by atoms with Crippen molar-refractivity contribution in [3.05, 3.63) is 0 Å². The van der Waals surface area contributed by atoms with Gasteiger partial charge < -0.3 is 42.7 Å². The Kier molecular flexibility index (Phi) is 12.3. The first kappa shape index (κ1) is 28.6. The minimum absolute atomic E-state index is 0.114. The van der Waals surface area contributed by atoms with Crippen molar-refractivity contribution >= 4 is 54.2 Å². The smallest absolute Gasteiger partial charge is 0.326 e. The van der Waals surface area contributed by atoms with E-state index < -0.39 is 91.4 Å². The molecule has 16 heteroatoms. The minimum Gasteiger partial charge on any atom is -0.481 e. The molecule has 0 aromatic carbocycles. The summed E-state index contributed by atoms with van der Waals surface area (Å²) in [7, 11) is 0. The van der Waals surface area contributed by atoms with Crippen LogP contribution in [0.15, 0.2) is 0 Å². The highest BCUT2D eigenvalue weighted by molar-refractivity contribution is 7.80. The number of aliphatic carboxylic acids is 3. The van der Waals surface area contributed by atoms with E-state index in [1.54, 1.807) is 0 Å². The molecule has 0 bridgehead atoms. The largest absolute Gasteiger partial charge is 0.481 e. The maximum Gasteiger partial charge on any atom is 0.326 e. The summed E-state index contributed by atoms with van der Waals surface area (Å²) in [6.07, 6.45) is -2.72. The average molecular weight is 479 g/mol. The molecule has 0 rings (SSSR count). The molecule has 0 fully saturated rings. The first-order chi connectivity index (χ1) is 14.8. The van der Waals surface area contributed by atoms with Crippen LogP contribution < -0.4 is 27.4 Å². The van der Waals surface area contributed by atoms with Crippen molar-refractivity contribution in [1.29, 1.82) is 0 Å². The molecule has 0 aliphatic heterocycles. The molecule has 32 heavy (non-hydrogen) atoms. The third kappa shape index (κ3) is 11.1. The SMILES string of the molecule is NC(=O)CCC(NC(=O)C(CC(=O)O)NC(=O)C(N)CS)C(=O)NC(CC(=O)O)C(=O)O. The van der Waals surface area contributed by atoms with Crippen LogP contribution in [0.5, 0.6) is 0 Å². The number of carboxylic acid groups (broad SMARTS) is 3. The summed E-state index contributed by atoms with van der Waals surface area (Å²) in [5.41, 5.74) is 10.5. The van der Waals surface area contributed by atoms with E-state index in [9.17, 15) is 33.6 Å². The molecular weight excluding hydrogens is 454 g/mol. The number of thiol groups is 1. The van der Waals surface area contributed by atoms with E-state index in [1.807, 2.05) is 5.32 Å². The van der Waals surface area contributed by atoms with Gasteiger partial charge in [0.05, 0.1) is 18.9 Å². The number of carboxylic acids is 3. The lowest BCUT2D eigenvalue weighted by Crippen LogP contribution is -2.57. The van der Waals surface area contributed by atoms with Crippen LogP contribution in [0.3, 0.4) is 0 Å². The zero-order valence-corrected chi connectivity index (χ0v) is 17.5. The molecule has 0 aliphatic carbocycles. The number of nitrogens with one attached hydrogen (secondary N) is 3. The molecule has 10 N–H and O–H groups in total. The van der Waals surface area contributed by atoms with Crippen molar-refractivity contribution in [3.63, 3.8) is 0 Å². The quantitative estimate of drug-likeness (QED) is 0.102. The standard InChI is InChI=1S/C16H25N5O10S/c17-6(5-32)13(27)20-8(3-11(23)24)15(29)19-7(1-2-10(18)22)14(28)21-9(16(30)31)4-12(25)26/h6-9,32H,1-5,17H2,(H2,18,22)(H,19,29)(H,20,27)(H,21,28)(H,23,24)(H,25,26)(H,30,31). The second-order valence-electron chi connectivity index (χ2n) is 6.51. The normalized spacial score (nSPS) is 14.2. The molecule has 15 nitrogen and oxygen atoms in total. The van der Waals surface area contributed by atoms with Crippen LogP contribution in [-0.4, -0.2) is 86.8 Å². The molecule has 0 saturated heterocycles. The van der Waals surface area contributed by atoms with Crippen molar-refractivity contribution in [2.24, 2.45) is 11.5 Å². The number of nitrogens with two attached hydrogens (primary N) is 2. The van der Waals surface area contributed by atoms with Gasteiger partial charge in [0.15, 0.2) is 0 Å². The van der Waals surface area contributed by atoms with Gasteiger partial charge in [0.25, 0.3) is 0 Å². The summed E-state index contributed by atoms with van der Waals surface area (Å²) in [5.74, 6) is -8.87. The van der Waals surface area contributed by atoms with Crippen LogP contribution in [0.25, 0.3) is 0 Å². The summed E-state index contributed by atoms with van der Waals surface area (Å²) in [6, 6.07) is -6.29. The Hall–Kier alpha value is -3.40. The summed E-state index contributed by atoms with van der Waals surface area (Å²) in [4.78, 5) is 80.9. The molecule has 0 aliphatic rings. The Morgan fingerprint density at radius 3 is 1.62 bits per heavy atom. The molecular formula is C16H25N5O10S. The number of amides is 4. The molecule has 0 radical (unpaired) electrons. The Morgan fingerprint density at radius 2 is 1.19 bits per heavy atom. The van der Waals surface area contributed by atoms with E-state index in [0.29, 0.717) is 0 Å². The molecule has 4 amide bonds. The lowest BCUT2D eigenvalue weighted by atomic mass is 10.1. The molecule has 0 aromatic heterocycles. The topological polar surface area (TPSA) is 268 Å². The molecule has 180 valence electrons. The fourth-order valence-corrected chi connectivity index (χ4v) is 2.39. The molecule has 4 atom stereocenters. The van der Waals surface area contributed by atoms with Crippen LogP contribution in [0.1, 0.15) is 25.7 Å². The Balaban J connectivity index is 5.58. The highest BCUT2D eigenvalue weighted by Gasteiger charge is 2.32. The van der Waals surface area contributed by atoms with E-state index in [4.69, 9.17) is 26.8 Å². The molecule has 4 unspecified atom stereocenters. The highest BCUT2D eigenvalue weighted by atomic mass is 32.1. The predicted octanol–water partition coefficient (Wildman–Crippen LogP) is -4.00. The minimum atomic E-state index is -1.85. The molecule has 0 saturated carbocycles. The summed E-state index contributed by atoms with van der Waals surface area (Å²) < 4.78 is 0. The van der Waals surface area contributed by atoms with Gasteiger partial charge in [0.2, 0.25) is 23.6 Å². The molecule has 0 heterocycles. The van der Waals surface area contributed by atoms with Crippen LogP contribution in [-0.2, 0) is 33.6 Å². The Bertz CT molecular complexity index is 761. The van der Waals surface area contributed by atoms with Gasteiger partial charge in [-0.05, 0) is 6.42 Å². The van der Waals surface area contributed by atoms with Crippen molar-refractivity contribution in [3.8, 4) is 0 Å². The molecule has 0 spiro atoms. The lowest BCUT2D eigenvalue weighted by Gasteiger charge is -2.24. The van der Waals surface area contributed by atoms with Gasteiger partial charge in [0.1, 0.15) is 18.1 Å². The van der Waals surface area contributed by atoms with Crippen molar-refractivity contribution < 1.29 is 48.9 Å². The third-order valence-corrected chi connectivity index (χ3v) is 4.24. The third-order valence-electron chi connectivity index (χ3n) is 3.85. The van der Waals surface area contributed by atoms with Gasteiger partial charge in [-0.2, -0.15) is 12.6 Å². The van der Waals surface area contributed by atoms with E-state index in [0.717, 1.165) is 0 Å². The summed E-state index contributed by atoms with van der Waals surface area (Å²) in [5, 5.41) is 32.9. The maximum atomic E-state index is 12.5. The summed E-state index contributed by atoms with van der Waals surface area (Å²) >= 11 is 3.81. The zero-order valence-electron chi connectivity index (χ0n) is 16.6. The number of hydrogen-bond acceptors (Lipinski definition) is 9. The average Bonchev–Trinajstić information content (AvgIpc) is 2.67. The van der Waals surface area contributed by atoms with Gasteiger partial charge >= 0.3 is 17.9 Å². The second kappa shape index (κ2) is 13.8. The monoisotopic (exact) mass is 479 g/mol. The number of carbonyl (C=O) groups excluding carboxylic acids is 4. The van der Waals surface area contributed by atoms with Gasteiger partial charge in [-0.15, -0.1) is 0 Å². The van der Waals surface area contributed by atoms with Gasteiger partial charge in [0, 0.05) is 12.2 Å². The number of primary amides is 1. The van der Waals surface area contributed by atoms with Crippen LogP contribution in [0.2, 0.25) is 0 Å². The predicted molar refractivity (Wildman–Crippen MR) is 108 cm³/mol. The van der Waals surface area contributed by atoms with Crippen LogP contribution in [0, 0.1) is 0 Å². The highest BCUT2D eigenvalue weighted by Crippen LogP contribution is 2.03. The fourth-order valence-electron chi connectivity index (χ4n) is 2.22. The zero-order chi connectivity index (χ0) is 25.0. The second-order valence-corrected chi connectivity index (χ2v) is 6.88. The number of carbonyl (C=O) groups is 7. The van der Waals surface area contributed by atoms with Gasteiger partial charge in [-0.1, -0.05) is 0 Å². The lowest BCUT2D eigenvalue weighted by molar-refractivity contribution is -0.147. The van der Waals surface area contributed by atoms with Crippen LogP contribution in [0.4, 0.5) is 0 Å². The van der Waals surface area contributed by atoms with Gasteiger partial charge in [-0.3, -0.25) is 28.8 Å². The number of rotatable bonds is 15. The summed E-state index contributed by atoms with van der Waals surface area (Å²) in [6.45, 7) is 0. The van der Waals surface area contributed by atoms with Crippen molar-refractivity contribution in [1.82, 2.24) is 16.0 Å². The van der Waals surface area contributed by atoms with E-state index in [-0.39, 0.29) is 5.75 Å². The fraction of sp³-hybridized carbons (Fsp3) is 0.562.